The lowest BCUT2D eigenvalue weighted by molar-refractivity contribution is 0.145. The third-order valence-electron chi connectivity index (χ3n) is 4.70. The summed E-state index contributed by atoms with van der Waals surface area (Å²) in [6.45, 7) is 9.14. The summed E-state index contributed by atoms with van der Waals surface area (Å²) in [6, 6.07) is 12.3. The molecule has 0 unspecified atom stereocenters. The molecule has 0 aliphatic carbocycles. The number of nitrogens with zero attached hydrogens (tertiary/aromatic N) is 3. The minimum Gasteiger partial charge on any atom is -0.491 e. The highest BCUT2D eigenvalue weighted by molar-refractivity contribution is 14.0. The second-order valence-electron chi connectivity index (χ2n) is 7.13. The number of hydrogen-bond donors (Lipinski definition) is 2. The Morgan fingerprint density at radius 3 is 2.71 bits per heavy atom. The molecule has 0 aliphatic rings. The largest absolute Gasteiger partial charge is 0.491 e. The summed E-state index contributed by atoms with van der Waals surface area (Å²) in [5, 5.41) is 6.67. The van der Waals surface area contributed by atoms with E-state index in [0.717, 1.165) is 46.4 Å². The van der Waals surface area contributed by atoms with Crippen LogP contribution in [0.5, 0.6) is 5.75 Å². The standard InChI is InChI=1S/C23H31N5O2.HI/c1-5-24-23(26-15-20-16-28-18(3)7-6-8-22(28)27-20)25-14-19-10-9-17(2)13-21(19)30-12-11-29-4;/h6-10,13,16H,5,11-12,14-15H2,1-4H3,(H2,24,25,26);1H. The molecule has 0 fully saturated rings. The number of aliphatic imine (C=N–C) groups is 1. The summed E-state index contributed by atoms with van der Waals surface area (Å²) in [5.74, 6) is 1.59. The number of nitrogens with one attached hydrogen (secondary N) is 2. The number of imidazole rings is 1. The predicted octanol–water partition coefficient (Wildman–Crippen LogP) is 3.85. The molecule has 2 N–H and O–H groups in total. The molecule has 8 heteroatoms. The molecule has 168 valence electrons. The van der Waals surface area contributed by atoms with Crippen molar-refractivity contribution in [1.82, 2.24) is 20.0 Å². The average Bonchev–Trinajstić information content (AvgIpc) is 3.16. The molecule has 31 heavy (non-hydrogen) atoms. The first-order valence-corrected chi connectivity index (χ1v) is 10.3. The van der Waals surface area contributed by atoms with E-state index in [9.17, 15) is 0 Å². The molecule has 1 aromatic carbocycles. The van der Waals surface area contributed by atoms with Gasteiger partial charge in [-0.15, -0.1) is 24.0 Å². The first kappa shape index (κ1) is 24.9. The normalized spacial score (nSPS) is 11.3. The van der Waals surface area contributed by atoms with Gasteiger partial charge in [-0.2, -0.15) is 0 Å². The van der Waals surface area contributed by atoms with Crippen LogP contribution in [-0.2, 0) is 17.8 Å². The van der Waals surface area contributed by atoms with Crippen LogP contribution < -0.4 is 15.4 Å². The van der Waals surface area contributed by atoms with Crippen molar-refractivity contribution in [2.75, 3.05) is 26.9 Å². The maximum atomic E-state index is 5.88. The van der Waals surface area contributed by atoms with E-state index in [-0.39, 0.29) is 24.0 Å². The summed E-state index contributed by atoms with van der Waals surface area (Å²) in [4.78, 5) is 9.41. The summed E-state index contributed by atoms with van der Waals surface area (Å²) < 4.78 is 13.1. The highest BCUT2D eigenvalue weighted by atomic mass is 127. The molecule has 0 aliphatic heterocycles. The Bertz CT molecular complexity index is 1000. The minimum absolute atomic E-state index is 0. The van der Waals surface area contributed by atoms with Crippen LogP contribution in [0.2, 0.25) is 0 Å². The molecule has 2 heterocycles. The number of fused-ring (bicyclic) bond motifs is 1. The van der Waals surface area contributed by atoms with Crippen LogP contribution >= 0.6 is 24.0 Å². The van der Waals surface area contributed by atoms with Gasteiger partial charge in [0.1, 0.15) is 18.0 Å². The van der Waals surface area contributed by atoms with Gasteiger partial charge in [-0.3, -0.25) is 0 Å². The van der Waals surface area contributed by atoms with Gasteiger partial charge in [0.15, 0.2) is 5.96 Å². The first-order valence-electron chi connectivity index (χ1n) is 10.3. The lowest BCUT2D eigenvalue weighted by atomic mass is 10.1. The van der Waals surface area contributed by atoms with Crippen LogP contribution in [-0.4, -0.2) is 42.2 Å². The lowest BCUT2D eigenvalue weighted by Gasteiger charge is -2.13. The topological polar surface area (TPSA) is 72.2 Å². The zero-order valence-corrected chi connectivity index (χ0v) is 21.0. The van der Waals surface area contributed by atoms with Crippen LogP contribution in [0.15, 0.2) is 47.6 Å². The minimum atomic E-state index is 0. The Morgan fingerprint density at radius 1 is 1.13 bits per heavy atom. The summed E-state index contributed by atoms with van der Waals surface area (Å²) in [6.07, 6.45) is 2.06. The first-order chi connectivity index (χ1) is 14.6. The van der Waals surface area contributed by atoms with Crippen LogP contribution in [0.1, 0.15) is 29.4 Å². The fourth-order valence-electron chi connectivity index (χ4n) is 3.13. The molecular weight excluding hydrogens is 505 g/mol. The van der Waals surface area contributed by atoms with Gasteiger partial charge in [-0.25, -0.2) is 9.98 Å². The lowest BCUT2D eigenvalue weighted by Crippen LogP contribution is -2.36. The van der Waals surface area contributed by atoms with E-state index >= 15 is 0 Å². The smallest absolute Gasteiger partial charge is 0.191 e. The van der Waals surface area contributed by atoms with E-state index in [1.165, 1.54) is 0 Å². The molecule has 3 aromatic rings. The highest BCUT2D eigenvalue weighted by Crippen LogP contribution is 2.21. The van der Waals surface area contributed by atoms with Gasteiger partial charge in [-0.1, -0.05) is 18.2 Å². The number of pyridine rings is 1. The van der Waals surface area contributed by atoms with Gasteiger partial charge in [0, 0.05) is 31.1 Å². The third kappa shape index (κ3) is 7.10. The van der Waals surface area contributed by atoms with E-state index in [2.05, 4.69) is 65.2 Å². The summed E-state index contributed by atoms with van der Waals surface area (Å²) in [5.41, 5.74) is 5.27. The van der Waals surface area contributed by atoms with Gasteiger partial charge >= 0.3 is 0 Å². The van der Waals surface area contributed by atoms with E-state index in [4.69, 9.17) is 14.5 Å². The van der Waals surface area contributed by atoms with Crippen molar-refractivity contribution in [3.8, 4) is 5.75 Å². The molecule has 0 radical (unpaired) electrons. The molecule has 0 saturated carbocycles. The second kappa shape index (κ2) is 12.5. The van der Waals surface area contributed by atoms with Crippen LogP contribution in [0.3, 0.4) is 0 Å². The number of halogens is 1. The van der Waals surface area contributed by atoms with Gasteiger partial charge in [-0.05, 0) is 44.5 Å². The van der Waals surface area contributed by atoms with Gasteiger partial charge < -0.3 is 24.5 Å². The Labute approximate surface area is 201 Å². The Kier molecular flexibility index (Phi) is 10.1. The van der Waals surface area contributed by atoms with Crippen LogP contribution in [0.4, 0.5) is 0 Å². The van der Waals surface area contributed by atoms with E-state index in [0.29, 0.717) is 26.3 Å². The maximum absolute atomic E-state index is 5.88. The number of aryl methyl sites for hydroxylation is 2. The Morgan fingerprint density at radius 2 is 1.97 bits per heavy atom. The fourth-order valence-corrected chi connectivity index (χ4v) is 3.13. The molecule has 3 rings (SSSR count). The molecule has 0 saturated heterocycles. The van der Waals surface area contributed by atoms with Crippen molar-refractivity contribution in [2.24, 2.45) is 4.99 Å². The number of hydrogen-bond acceptors (Lipinski definition) is 4. The zero-order chi connectivity index (χ0) is 21.3. The molecule has 2 aromatic heterocycles. The van der Waals surface area contributed by atoms with Crippen LogP contribution in [0.25, 0.3) is 5.65 Å². The van der Waals surface area contributed by atoms with Crippen molar-refractivity contribution < 1.29 is 9.47 Å². The zero-order valence-electron chi connectivity index (χ0n) is 18.6. The van der Waals surface area contributed by atoms with Crippen molar-refractivity contribution >= 4 is 35.6 Å². The SMILES string of the molecule is CCNC(=NCc1ccc(C)cc1OCCOC)NCc1cn2c(C)cccc2n1.I. The number of guanidine groups is 1. The van der Waals surface area contributed by atoms with E-state index in [1.54, 1.807) is 7.11 Å². The average molecular weight is 537 g/mol. The number of benzene rings is 1. The van der Waals surface area contributed by atoms with Gasteiger partial charge in [0.05, 0.1) is 25.4 Å². The number of rotatable bonds is 9. The van der Waals surface area contributed by atoms with Crippen LogP contribution in [0, 0.1) is 13.8 Å². The number of ether oxygens (including phenoxy) is 2. The van der Waals surface area contributed by atoms with Crippen molar-refractivity contribution in [1.29, 1.82) is 0 Å². The molecule has 0 amide bonds. The molecule has 0 atom stereocenters. The van der Waals surface area contributed by atoms with Crippen molar-refractivity contribution in [3.05, 3.63) is 65.1 Å². The summed E-state index contributed by atoms with van der Waals surface area (Å²) >= 11 is 0. The maximum Gasteiger partial charge on any atom is 0.191 e. The van der Waals surface area contributed by atoms with E-state index < -0.39 is 0 Å². The molecular formula is C23H32IN5O2. The van der Waals surface area contributed by atoms with E-state index in [1.807, 2.05) is 18.2 Å². The van der Waals surface area contributed by atoms with Crippen molar-refractivity contribution in [2.45, 2.75) is 33.9 Å². The Balaban J connectivity index is 0.00000341. The highest BCUT2D eigenvalue weighted by Gasteiger charge is 2.07. The predicted molar refractivity (Wildman–Crippen MR) is 136 cm³/mol. The summed E-state index contributed by atoms with van der Waals surface area (Å²) in [7, 11) is 1.67. The molecule has 7 nitrogen and oxygen atoms in total. The fraction of sp³-hybridized carbons (Fsp3) is 0.391. The van der Waals surface area contributed by atoms with Crippen molar-refractivity contribution in [3.63, 3.8) is 0 Å². The number of methoxy groups -OCH3 is 1. The number of aromatic nitrogens is 2. The third-order valence-corrected chi connectivity index (χ3v) is 4.70. The van der Waals surface area contributed by atoms with Gasteiger partial charge in [0.25, 0.3) is 0 Å². The second-order valence-corrected chi connectivity index (χ2v) is 7.13. The molecule has 0 spiro atoms. The Hall–Kier alpha value is -2.33. The quantitative estimate of drug-likeness (QED) is 0.188. The molecule has 0 bridgehead atoms. The monoisotopic (exact) mass is 537 g/mol. The van der Waals surface area contributed by atoms with Gasteiger partial charge in [0.2, 0.25) is 0 Å².